The van der Waals surface area contributed by atoms with Crippen LogP contribution in [0.2, 0.25) is 0 Å². The quantitative estimate of drug-likeness (QED) is 0.788. The summed E-state index contributed by atoms with van der Waals surface area (Å²) in [5, 5.41) is 0. The van der Waals surface area contributed by atoms with Crippen molar-refractivity contribution in [2.75, 3.05) is 18.0 Å². The summed E-state index contributed by atoms with van der Waals surface area (Å²) in [5.41, 5.74) is 0.884. The van der Waals surface area contributed by atoms with Crippen molar-refractivity contribution >= 4 is 21.7 Å². The number of alkyl halides is 2. The van der Waals surface area contributed by atoms with Crippen LogP contribution in [-0.2, 0) is 0 Å². The molecule has 0 amide bonds. The van der Waals surface area contributed by atoms with E-state index in [1.807, 2.05) is 24.0 Å². The summed E-state index contributed by atoms with van der Waals surface area (Å²) in [5.74, 6) is -1.71. The van der Waals surface area contributed by atoms with Gasteiger partial charge >= 0.3 is 0 Å². The van der Waals surface area contributed by atoms with Crippen LogP contribution in [0, 0.1) is 6.92 Å². The van der Waals surface area contributed by atoms with Gasteiger partial charge in [0.05, 0.1) is 5.69 Å². The van der Waals surface area contributed by atoms with E-state index < -0.39 is 5.92 Å². The van der Waals surface area contributed by atoms with Gasteiger partial charge < -0.3 is 4.90 Å². The molecule has 1 aliphatic rings. The molecule has 1 fully saturated rings. The number of halogens is 3. The van der Waals surface area contributed by atoms with Gasteiger partial charge in [0.1, 0.15) is 5.82 Å². The first-order valence-corrected chi connectivity index (χ1v) is 6.03. The van der Waals surface area contributed by atoms with E-state index in [4.69, 9.17) is 0 Å². The van der Waals surface area contributed by atoms with E-state index in [-0.39, 0.29) is 12.8 Å². The average Bonchev–Trinajstić information content (AvgIpc) is 2.22. The van der Waals surface area contributed by atoms with Crippen LogP contribution in [0.25, 0.3) is 0 Å². The fourth-order valence-corrected chi connectivity index (χ4v) is 1.99. The van der Waals surface area contributed by atoms with Gasteiger partial charge in [-0.15, -0.1) is 0 Å². The zero-order valence-corrected chi connectivity index (χ0v) is 10.6. The highest BCUT2D eigenvalue weighted by Gasteiger charge is 2.34. The molecule has 0 unspecified atom stereocenters. The van der Waals surface area contributed by atoms with Crippen LogP contribution in [0.4, 0.5) is 14.6 Å². The summed E-state index contributed by atoms with van der Waals surface area (Å²) in [7, 11) is 0. The molecular weight excluding hydrogens is 278 g/mol. The predicted octanol–water partition coefficient (Wildman–Crippen LogP) is 3.39. The Bertz CT molecular complexity index is 386. The number of anilines is 1. The molecule has 2 nitrogen and oxygen atoms in total. The van der Waals surface area contributed by atoms with E-state index in [1.54, 1.807) is 0 Å². The second-order valence-electron chi connectivity index (χ2n) is 4.08. The van der Waals surface area contributed by atoms with Crippen molar-refractivity contribution in [3.8, 4) is 0 Å². The average molecular weight is 291 g/mol. The van der Waals surface area contributed by atoms with Gasteiger partial charge in [-0.05, 0) is 35.0 Å². The summed E-state index contributed by atoms with van der Waals surface area (Å²) in [4.78, 5) is 6.29. The SMILES string of the molecule is Cc1nc(N2CCC(F)(F)CC2)ccc1Br. The van der Waals surface area contributed by atoms with Gasteiger partial charge in [-0.3, -0.25) is 0 Å². The summed E-state index contributed by atoms with van der Waals surface area (Å²) in [6, 6.07) is 3.77. The molecule has 0 bridgehead atoms. The van der Waals surface area contributed by atoms with Gasteiger partial charge in [0.25, 0.3) is 5.92 Å². The number of hydrogen-bond acceptors (Lipinski definition) is 2. The largest absolute Gasteiger partial charge is 0.356 e. The van der Waals surface area contributed by atoms with Crippen LogP contribution in [0.3, 0.4) is 0 Å². The number of aromatic nitrogens is 1. The van der Waals surface area contributed by atoms with E-state index >= 15 is 0 Å². The molecule has 1 saturated heterocycles. The normalized spacial score (nSPS) is 19.9. The molecule has 5 heteroatoms. The van der Waals surface area contributed by atoms with Crippen LogP contribution in [0.1, 0.15) is 18.5 Å². The number of rotatable bonds is 1. The van der Waals surface area contributed by atoms with Gasteiger partial charge in [-0.1, -0.05) is 0 Å². The van der Waals surface area contributed by atoms with Crippen molar-refractivity contribution in [1.29, 1.82) is 0 Å². The molecule has 0 aromatic carbocycles. The van der Waals surface area contributed by atoms with Gasteiger partial charge in [-0.25, -0.2) is 13.8 Å². The molecule has 1 aromatic rings. The third-order valence-electron chi connectivity index (χ3n) is 2.83. The Labute approximate surface area is 102 Å². The smallest absolute Gasteiger partial charge is 0.251 e. The van der Waals surface area contributed by atoms with Crippen LogP contribution in [-0.4, -0.2) is 24.0 Å². The lowest BCUT2D eigenvalue weighted by atomic mass is 10.1. The van der Waals surface area contributed by atoms with Crippen molar-refractivity contribution < 1.29 is 8.78 Å². The van der Waals surface area contributed by atoms with E-state index in [0.717, 1.165) is 16.0 Å². The van der Waals surface area contributed by atoms with Gasteiger partial charge in [0.2, 0.25) is 0 Å². The predicted molar refractivity (Wildman–Crippen MR) is 63.1 cm³/mol. The lowest BCUT2D eigenvalue weighted by Gasteiger charge is -2.32. The van der Waals surface area contributed by atoms with E-state index in [9.17, 15) is 8.78 Å². The minimum atomic E-state index is -2.50. The first kappa shape index (κ1) is 11.8. The summed E-state index contributed by atoms with van der Waals surface area (Å²) >= 11 is 3.37. The Morgan fingerprint density at radius 2 is 1.94 bits per heavy atom. The van der Waals surface area contributed by atoms with E-state index in [2.05, 4.69) is 20.9 Å². The van der Waals surface area contributed by atoms with Crippen LogP contribution in [0.5, 0.6) is 0 Å². The van der Waals surface area contributed by atoms with Crippen LogP contribution >= 0.6 is 15.9 Å². The molecule has 16 heavy (non-hydrogen) atoms. The van der Waals surface area contributed by atoms with Gasteiger partial charge in [-0.2, -0.15) is 0 Å². The monoisotopic (exact) mass is 290 g/mol. The fraction of sp³-hybridized carbons (Fsp3) is 0.545. The first-order chi connectivity index (χ1) is 7.48. The van der Waals surface area contributed by atoms with E-state index in [0.29, 0.717) is 13.1 Å². The number of hydrogen-bond donors (Lipinski definition) is 0. The number of aryl methyl sites for hydroxylation is 1. The summed E-state index contributed by atoms with van der Waals surface area (Å²) in [6.45, 7) is 2.65. The van der Waals surface area contributed by atoms with Crippen molar-refractivity contribution in [2.24, 2.45) is 0 Å². The Balaban J connectivity index is 2.11. The zero-order valence-electron chi connectivity index (χ0n) is 9.01. The molecule has 88 valence electrons. The van der Waals surface area contributed by atoms with Crippen molar-refractivity contribution in [1.82, 2.24) is 4.98 Å². The van der Waals surface area contributed by atoms with Gasteiger partial charge in [0, 0.05) is 30.4 Å². The maximum absolute atomic E-state index is 13.0. The standard InChI is InChI=1S/C11H13BrF2N2/c1-8-9(12)2-3-10(15-8)16-6-4-11(13,14)5-7-16/h2-3H,4-7H2,1H3. The highest BCUT2D eigenvalue weighted by atomic mass is 79.9. The second-order valence-corrected chi connectivity index (χ2v) is 4.93. The van der Waals surface area contributed by atoms with Crippen molar-refractivity contribution in [3.63, 3.8) is 0 Å². The molecule has 0 radical (unpaired) electrons. The third kappa shape index (κ3) is 2.51. The minimum Gasteiger partial charge on any atom is -0.356 e. The Kier molecular flexibility index (Phi) is 3.15. The summed E-state index contributed by atoms with van der Waals surface area (Å²) in [6.07, 6.45) is -0.159. The zero-order chi connectivity index (χ0) is 11.8. The molecule has 2 rings (SSSR count). The Hall–Kier alpha value is -0.710. The highest BCUT2D eigenvalue weighted by molar-refractivity contribution is 9.10. The molecule has 0 saturated carbocycles. The Morgan fingerprint density at radius 3 is 2.50 bits per heavy atom. The van der Waals surface area contributed by atoms with Gasteiger partial charge in [0.15, 0.2) is 0 Å². The lowest BCUT2D eigenvalue weighted by molar-refractivity contribution is -0.0221. The van der Waals surface area contributed by atoms with E-state index in [1.165, 1.54) is 0 Å². The molecule has 0 aliphatic carbocycles. The van der Waals surface area contributed by atoms with Crippen LogP contribution < -0.4 is 4.90 Å². The highest BCUT2D eigenvalue weighted by Crippen LogP contribution is 2.30. The molecular formula is C11H13BrF2N2. The molecule has 2 heterocycles. The Morgan fingerprint density at radius 1 is 1.31 bits per heavy atom. The minimum absolute atomic E-state index is 0.0796. The number of pyridine rings is 1. The number of nitrogens with zero attached hydrogens (tertiary/aromatic N) is 2. The fourth-order valence-electron chi connectivity index (χ4n) is 1.77. The molecule has 0 atom stereocenters. The molecule has 0 N–H and O–H groups in total. The maximum Gasteiger partial charge on any atom is 0.251 e. The molecule has 0 spiro atoms. The first-order valence-electron chi connectivity index (χ1n) is 5.24. The topological polar surface area (TPSA) is 16.1 Å². The van der Waals surface area contributed by atoms with Crippen LogP contribution in [0.15, 0.2) is 16.6 Å². The second kappa shape index (κ2) is 4.28. The van der Waals surface area contributed by atoms with Crippen molar-refractivity contribution in [3.05, 3.63) is 22.3 Å². The molecule has 1 aromatic heterocycles. The molecule has 1 aliphatic heterocycles. The number of piperidine rings is 1. The van der Waals surface area contributed by atoms with Crippen molar-refractivity contribution in [2.45, 2.75) is 25.7 Å². The maximum atomic E-state index is 13.0. The third-order valence-corrected chi connectivity index (χ3v) is 3.66. The summed E-state index contributed by atoms with van der Waals surface area (Å²) < 4.78 is 26.9. The lowest BCUT2D eigenvalue weighted by Crippen LogP contribution is -2.39.